The zero-order valence-electron chi connectivity index (χ0n) is 16.9. The first kappa shape index (κ1) is 19.3. The maximum absolute atomic E-state index is 12.8. The number of fused-ring (bicyclic) bond motifs is 3. The van der Waals surface area contributed by atoms with Crippen LogP contribution in [0.4, 0.5) is 23.1 Å². The Labute approximate surface area is 178 Å². The molecule has 31 heavy (non-hydrogen) atoms. The fourth-order valence-corrected chi connectivity index (χ4v) is 4.06. The molecule has 4 N–H and O–H groups in total. The number of nitrogens with two attached hydrogens (primary N) is 1. The number of hydrogen-bond acceptors (Lipinski definition) is 8. The summed E-state index contributed by atoms with van der Waals surface area (Å²) in [4.78, 5) is 35.9. The van der Waals surface area contributed by atoms with Crippen LogP contribution in [0.5, 0.6) is 0 Å². The Balaban J connectivity index is 1.48. The van der Waals surface area contributed by atoms with E-state index in [1.165, 1.54) is 6.20 Å². The topological polar surface area (TPSA) is 127 Å². The van der Waals surface area contributed by atoms with Crippen LogP contribution in [-0.4, -0.2) is 53.3 Å². The Bertz CT molecular complexity index is 1200. The maximum atomic E-state index is 12.8. The molecule has 1 aromatic carbocycles. The third-order valence-corrected chi connectivity index (χ3v) is 5.60. The number of rotatable bonds is 4. The molecule has 2 aliphatic heterocycles. The SMILES string of the molecule is NC(=O)c1c2n(c3nc(Nc4ccc(N5CCOCC5)cc4)ncc3c1=O)CCCN2. The molecule has 10 heteroatoms. The van der Waals surface area contributed by atoms with Gasteiger partial charge in [-0.25, -0.2) is 4.98 Å². The summed E-state index contributed by atoms with van der Waals surface area (Å²) >= 11 is 0. The number of hydrogen-bond donors (Lipinski definition) is 3. The summed E-state index contributed by atoms with van der Waals surface area (Å²) in [5.41, 5.74) is 7.42. The Morgan fingerprint density at radius 1 is 1.16 bits per heavy atom. The van der Waals surface area contributed by atoms with Gasteiger partial charge >= 0.3 is 0 Å². The first-order valence-corrected chi connectivity index (χ1v) is 10.3. The molecule has 1 saturated heterocycles. The summed E-state index contributed by atoms with van der Waals surface area (Å²) in [6.45, 7) is 4.52. The average molecular weight is 421 g/mol. The molecule has 5 rings (SSSR count). The number of amides is 1. The van der Waals surface area contributed by atoms with Gasteiger partial charge in [0.1, 0.15) is 11.4 Å². The van der Waals surface area contributed by atoms with Crippen LogP contribution >= 0.6 is 0 Å². The molecule has 160 valence electrons. The lowest BCUT2D eigenvalue weighted by Gasteiger charge is -2.28. The predicted octanol–water partition coefficient (Wildman–Crippen LogP) is 1.29. The molecule has 0 aliphatic carbocycles. The number of carbonyl (C=O) groups excluding carboxylic acids is 1. The summed E-state index contributed by atoms with van der Waals surface area (Å²) in [6.07, 6.45) is 2.29. The van der Waals surface area contributed by atoms with E-state index >= 15 is 0 Å². The molecule has 1 amide bonds. The summed E-state index contributed by atoms with van der Waals surface area (Å²) in [6, 6.07) is 8.03. The van der Waals surface area contributed by atoms with Crippen molar-refractivity contribution in [3.05, 3.63) is 46.2 Å². The third kappa shape index (κ3) is 3.55. The van der Waals surface area contributed by atoms with Gasteiger partial charge in [-0.05, 0) is 30.7 Å². The largest absolute Gasteiger partial charge is 0.378 e. The van der Waals surface area contributed by atoms with Crippen molar-refractivity contribution in [2.24, 2.45) is 5.73 Å². The Morgan fingerprint density at radius 3 is 2.68 bits per heavy atom. The van der Waals surface area contributed by atoms with Gasteiger partial charge < -0.3 is 30.6 Å². The molecule has 3 aromatic rings. The summed E-state index contributed by atoms with van der Waals surface area (Å²) in [5, 5.41) is 6.59. The van der Waals surface area contributed by atoms with Gasteiger partial charge in [0.2, 0.25) is 11.4 Å². The van der Waals surface area contributed by atoms with Crippen molar-refractivity contribution in [3.63, 3.8) is 0 Å². The van der Waals surface area contributed by atoms with Crippen molar-refractivity contribution in [1.82, 2.24) is 14.5 Å². The van der Waals surface area contributed by atoms with E-state index in [1.54, 1.807) is 0 Å². The first-order chi connectivity index (χ1) is 15.1. The van der Waals surface area contributed by atoms with Crippen LogP contribution in [0.15, 0.2) is 35.3 Å². The average Bonchev–Trinajstić information content (AvgIpc) is 2.80. The van der Waals surface area contributed by atoms with E-state index in [2.05, 4.69) is 25.5 Å². The fourth-order valence-electron chi connectivity index (χ4n) is 4.06. The number of anilines is 4. The van der Waals surface area contributed by atoms with Crippen LogP contribution in [0.25, 0.3) is 11.0 Å². The molecule has 0 bridgehead atoms. The van der Waals surface area contributed by atoms with Crippen LogP contribution in [-0.2, 0) is 11.3 Å². The minimum Gasteiger partial charge on any atom is -0.378 e. The number of nitrogens with one attached hydrogen (secondary N) is 2. The molecule has 0 atom stereocenters. The van der Waals surface area contributed by atoms with E-state index in [9.17, 15) is 9.59 Å². The van der Waals surface area contributed by atoms with Crippen LogP contribution in [0.2, 0.25) is 0 Å². The van der Waals surface area contributed by atoms with Crippen LogP contribution < -0.4 is 26.7 Å². The Kier molecular flexibility index (Phi) is 4.91. The number of nitrogens with zero attached hydrogens (tertiary/aromatic N) is 4. The Morgan fingerprint density at radius 2 is 1.94 bits per heavy atom. The fraction of sp³-hybridized carbons (Fsp3) is 0.333. The van der Waals surface area contributed by atoms with Gasteiger partial charge in [0, 0.05) is 43.8 Å². The summed E-state index contributed by atoms with van der Waals surface area (Å²) in [7, 11) is 0. The molecule has 2 aromatic heterocycles. The van der Waals surface area contributed by atoms with Crippen molar-refractivity contribution < 1.29 is 9.53 Å². The minimum absolute atomic E-state index is 0.0461. The number of benzene rings is 1. The number of aryl methyl sites for hydroxylation is 1. The minimum atomic E-state index is -0.757. The van der Waals surface area contributed by atoms with Crippen molar-refractivity contribution in [2.45, 2.75) is 13.0 Å². The molecular weight excluding hydrogens is 398 g/mol. The molecule has 0 unspecified atom stereocenters. The normalized spacial score (nSPS) is 15.9. The van der Waals surface area contributed by atoms with Crippen molar-refractivity contribution in [1.29, 1.82) is 0 Å². The molecule has 0 saturated carbocycles. The molecule has 0 spiro atoms. The van der Waals surface area contributed by atoms with E-state index < -0.39 is 11.3 Å². The van der Waals surface area contributed by atoms with Gasteiger partial charge in [0.25, 0.3) is 5.91 Å². The highest BCUT2D eigenvalue weighted by Gasteiger charge is 2.24. The highest BCUT2D eigenvalue weighted by molar-refractivity contribution is 6.01. The predicted molar refractivity (Wildman–Crippen MR) is 118 cm³/mol. The second-order valence-electron chi connectivity index (χ2n) is 7.55. The van der Waals surface area contributed by atoms with Crippen molar-refractivity contribution in [2.75, 3.05) is 48.4 Å². The maximum Gasteiger partial charge on any atom is 0.256 e. The van der Waals surface area contributed by atoms with Gasteiger partial charge in [0.05, 0.1) is 18.6 Å². The number of carbonyl (C=O) groups is 1. The molecule has 1 fully saturated rings. The summed E-state index contributed by atoms with van der Waals surface area (Å²) in [5.74, 6) is 0.0431. The zero-order chi connectivity index (χ0) is 21.4. The highest BCUT2D eigenvalue weighted by Crippen LogP contribution is 2.25. The van der Waals surface area contributed by atoms with Crippen LogP contribution in [0.1, 0.15) is 16.8 Å². The van der Waals surface area contributed by atoms with E-state index in [0.29, 0.717) is 30.5 Å². The monoisotopic (exact) mass is 421 g/mol. The van der Waals surface area contributed by atoms with Gasteiger partial charge in [-0.2, -0.15) is 4.98 Å². The Hall–Kier alpha value is -3.66. The van der Waals surface area contributed by atoms with Gasteiger partial charge in [-0.15, -0.1) is 0 Å². The molecule has 10 nitrogen and oxygen atoms in total. The number of morpholine rings is 1. The lowest BCUT2D eigenvalue weighted by molar-refractivity contribution is 0.0999. The van der Waals surface area contributed by atoms with E-state index in [0.717, 1.165) is 44.1 Å². The molecule has 0 radical (unpaired) electrons. The molecule has 4 heterocycles. The number of pyridine rings is 1. The number of ether oxygens (including phenoxy) is 1. The molecule has 2 aliphatic rings. The zero-order valence-corrected chi connectivity index (χ0v) is 16.9. The number of aromatic nitrogens is 3. The summed E-state index contributed by atoms with van der Waals surface area (Å²) < 4.78 is 7.23. The number of primary amides is 1. The van der Waals surface area contributed by atoms with Crippen LogP contribution in [0.3, 0.4) is 0 Å². The van der Waals surface area contributed by atoms with E-state index in [1.807, 2.05) is 28.8 Å². The second kappa shape index (κ2) is 7.88. The lowest BCUT2D eigenvalue weighted by atomic mass is 10.1. The quantitative estimate of drug-likeness (QED) is 0.575. The van der Waals surface area contributed by atoms with E-state index in [-0.39, 0.29) is 10.9 Å². The first-order valence-electron chi connectivity index (χ1n) is 10.3. The lowest BCUT2D eigenvalue weighted by Crippen LogP contribution is -2.36. The third-order valence-electron chi connectivity index (χ3n) is 5.60. The van der Waals surface area contributed by atoms with Gasteiger partial charge in [-0.1, -0.05) is 0 Å². The molecular formula is C21H23N7O3. The van der Waals surface area contributed by atoms with Crippen LogP contribution in [0, 0.1) is 0 Å². The van der Waals surface area contributed by atoms with Crippen molar-refractivity contribution in [3.8, 4) is 0 Å². The second-order valence-corrected chi connectivity index (χ2v) is 7.55. The highest BCUT2D eigenvalue weighted by atomic mass is 16.5. The van der Waals surface area contributed by atoms with Gasteiger partial charge in [-0.3, -0.25) is 9.59 Å². The standard InChI is InChI=1S/C21H23N7O3/c22-18(30)16-17(29)15-12-24-21(26-19(15)28-7-1-6-23-20(16)28)25-13-2-4-14(5-3-13)27-8-10-31-11-9-27/h2-5,12,23H,1,6-11H2,(H2,22,30)(H,24,25,26). The van der Waals surface area contributed by atoms with Crippen molar-refractivity contribution >= 4 is 40.1 Å². The smallest absolute Gasteiger partial charge is 0.256 e. The van der Waals surface area contributed by atoms with Gasteiger partial charge in [0.15, 0.2) is 5.65 Å². The van der Waals surface area contributed by atoms with E-state index in [4.69, 9.17) is 10.5 Å².